The maximum Gasteiger partial charge on any atom is 0.410 e. The average molecular weight is 337 g/mol. The minimum atomic E-state index is -0.815. The van der Waals surface area contributed by atoms with E-state index in [0.717, 1.165) is 0 Å². The van der Waals surface area contributed by atoms with Crippen molar-refractivity contribution in [1.29, 1.82) is 0 Å². The van der Waals surface area contributed by atoms with E-state index < -0.39 is 23.7 Å². The zero-order valence-electron chi connectivity index (χ0n) is 14.3. The fourth-order valence-electron chi connectivity index (χ4n) is 2.15. The molecule has 24 heavy (non-hydrogen) atoms. The molecular formula is C15H23N5O4. The Balaban J connectivity index is 2.01. The van der Waals surface area contributed by atoms with Crippen molar-refractivity contribution in [2.24, 2.45) is 0 Å². The Bertz CT molecular complexity index is 609. The van der Waals surface area contributed by atoms with Gasteiger partial charge in [0.25, 0.3) is 5.91 Å². The van der Waals surface area contributed by atoms with Gasteiger partial charge in [0.05, 0.1) is 18.8 Å². The predicted octanol–water partition coefficient (Wildman–Crippen LogP) is 0.942. The molecule has 1 aliphatic rings. The topological polar surface area (TPSA) is 120 Å². The number of hydrogen-bond acceptors (Lipinski definition) is 7. The molecule has 9 heteroatoms. The molecule has 1 atom stereocenters. The van der Waals surface area contributed by atoms with Crippen LogP contribution in [0.15, 0.2) is 6.33 Å². The average Bonchev–Trinajstić information content (AvgIpc) is 2.49. The summed E-state index contributed by atoms with van der Waals surface area (Å²) in [7, 11) is 0. The number of rotatable bonds is 2. The molecule has 9 nitrogen and oxygen atoms in total. The second-order valence-electron chi connectivity index (χ2n) is 6.49. The molecule has 0 aromatic carbocycles. The molecule has 0 bridgehead atoms. The van der Waals surface area contributed by atoms with Gasteiger partial charge < -0.3 is 25.4 Å². The summed E-state index contributed by atoms with van der Waals surface area (Å²) < 4.78 is 10.8. The summed E-state index contributed by atoms with van der Waals surface area (Å²) in [5.41, 5.74) is 6.06. The van der Waals surface area contributed by atoms with Crippen LogP contribution in [0.1, 0.15) is 26.5 Å². The summed E-state index contributed by atoms with van der Waals surface area (Å²) in [4.78, 5) is 33.8. The smallest absolute Gasteiger partial charge is 0.410 e. The fraction of sp³-hybridized carbons (Fsp3) is 0.600. The zero-order valence-corrected chi connectivity index (χ0v) is 14.3. The first-order valence-electron chi connectivity index (χ1n) is 7.65. The summed E-state index contributed by atoms with van der Waals surface area (Å²) in [6.07, 6.45) is 0.0365. The lowest BCUT2D eigenvalue weighted by atomic mass is 10.2. The number of ether oxygens (including phenoxy) is 2. The monoisotopic (exact) mass is 337 g/mol. The lowest BCUT2D eigenvalue weighted by Crippen LogP contribution is -2.51. The van der Waals surface area contributed by atoms with Crippen LogP contribution in [0.5, 0.6) is 0 Å². The van der Waals surface area contributed by atoms with Crippen molar-refractivity contribution in [2.45, 2.75) is 39.4 Å². The number of aryl methyl sites for hydroxylation is 1. The Labute approximate surface area is 140 Å². The molecule has 0 aliphatic carbocycles. The van der Waals surface area contributed by atoms with Crippen LogP contribution in [-0.4, -0.2) is 58.3 Å². The van der Waals surface area contributed by atoms with E-state index >= 15 is 0 Å². The zero-order chi connectivity index (χ0) is 17.9. The number of nitrogens with two attached hydrogens (primary N) is 1. The van der Waals surface area contributed by atoms with Gasteiger partial charge in [0.2, 0.25) is 0 Å². The highest BCUT2D eigenvalue weighted by molar-refractivity contribution is 5.97. The van der Waals surface area contributed by atoms with Crippen molar-refractivity contribution in [3.05, 3.63) is 12.0 Å². The van der Waals surface area contributed by atoms with Gasteiger partial charge in [-0.25, -0.2) is 14.8 Å². The first kappa shape index (κ1) is 17.9. The van der Waals surface area contributed by atoms with Crippen molar-refractivity contribution < 1.29 is 19.1 Å². The molecule has 0 radical (unpaired) electrons. The standard InChI is InChI=1S/C15H23N5O4/c1-9-11(12(16)18-8-17-9)19-13(21)10-7-20(5-6-23-10)14(22)24-15(2,3)4/h8,10H,5-7H2,1-4H3,(H,19,21)(H2,16,17,18)/t10-/m0/s1. The molecule has 1 saturated heterocycles. The predicted molar refractivity (Wildman–Crippen MR) is 87.4 cm³/mol. The number of morpholine rings is 1. The Kier molecular flexibility index (Phi) is 5.23. The third-order valence-corrected chi connectivity index (χ3v) is 3.32. The molecule has 2 heterocycles. The Morgan fingerprint density at radius 2 is 2.12 bits per heavy atom. The summed E-state index contributed by atoms with van der Waals surface area (Å²) in [6, 6.07) is 0. The van der Waals surface area contributed by atoms with Crippen LogP contribution in [0.3, 0.4) is 0 Å². The number of aromatic nitrogens is 2. The van der Waals surface area contributed by atoms with Crippen LogP contribution in [0.2, 0.25) is 0 Å². The van der Waals surface area contributed by atoms with E-state index in [4.69, 9.17) is 15.2 Å². The molecule has 2 rings (SSSR count). The van der Waals surface area contributed by atoms with E-state index in [-0.39, 0.29) is 19.0 Å². The molecule has 3 N–H and O–H groups in total. The van der Waals surface area contributed by atoms with E-state index in [1.807, 2.05) is 0 Å². The van der Waals surface area contributed by atoms with Gasteiger partial charge in [-0.2, -0.15) is 0 Å². The summed E-state index contributed by atoms with van der Waals surface area (Å²) in [6.45, 7) is 7.80. The van der Waals surface area contributed by atoms with Gasteiger partial charge >= 0.3 is 6.09 Å². The summed E-state index contributed by atoms with van der Waals surface area (Å²) in [5.74, 6) is -0.233. The number of amides is 2. The number of carbonyl (C=O) groups is 2. The van der Waals surface area contributed by atoms with Crippen LogP contribution in [0, 0.1) is 6.92 Å². The lowest BCUT2D eigenvalue weighted by molar-refractivity contribution is -0.132. The maximum absolute atomic E-state index is 12.4. The van der Waals surface area contributed by atoms with E-state index in [0.29, 0.717) is 17.9 Å². The van der Waals surface area contributed by atoms with Crippen molar-refractivity contribution in [3.8, 4) is 0 Å². The number of nitrogens with zero attached hydrogens (tertiary/aromatic N) is 3. The second-order valence-corrected chi connectivity index (χ2v) is 6.49. The number of nitrogen functional groups attached to an aromatic ring is 1. The van der Waals surface area contributed by atoms with Crippen molar-refractivity contribution in [1.82, 2.24) is 14.9 Å². The Morgan fingerprint density at radius 1 is 1.42 bits per heavy atom. The molecule has 2 amide bonds. The Morgan fingerprint density at radius 3 is 2.75 bits per heavy atom. The molecule has 1 aliphatic heterocycles. The highest BCUT2D eigenvalue weighted by atomic mass is 16.6. The molecule has 1 fully saturated rings. The van der Waals surface area contributed by atoms with E-state index in [2.05, 4.69) is 15.3 Å². The van der Waals surface area contributed by atoms with Gasteiger partial charge in [-0.1, -0.05) is 0 Å². The van der Waals surface area contributed by atoms with Crippen molar-refractivity contribution in [2.75, 3.05) is 30.7 Å². The summed E-state index contributed by atoms with van der Waals surface area (Å²) in [5, 5.41) is 2.66. The molecule has 0 unspecified atom stereocenters. The van der Waals surface area contributed by atoms with Gasteiger partial charge in [0, 0.05) is 6.54 Å². The van der Waals surface area contributed by atoms with Gasteiger partial charge in [0.1, 0.15) is 17.6 Å². The molecule has 1 aromatic rings. The van der Waals surface area contributed by atoms with Crippen LogP contribution >= 0.6 is 0 Å². The normalized spacial score (nSPS) is 18.2. The highest BCUT2D eigenvalue weighted by Crippen LogP contribution is 2.19. The van der Waals surface area contributed by atoms with Crippen LogP contribution in [0.25, 0.3) is 0 Å². The van der Waals surface area contributed by atoms with Gasteiger partial charge in [-0.05, 0) is 27.7 Å². The SMILES string of the molecule is Cc1ncnc(N)c1NC(=O)[C@@H]1CN(C(=O)OC(C)(C)C)CCO1. The van der Waals surface area contributed by atoms with Crippen molar-refractivity contribution in [3.63, 3.8) is 0 Å². The molecule has 132 valence electrons. The van der Waals surface area contributed by atoms with Gasteiger partial charge in [-0.15, -0.1) is 0 Å². The highest BCUT2D eigenvalue weighted by Gasteiger charge is 2.32. The third-order valence-electron chi connectivity index (χ3n) is 3.32. The molecular weight excluding hydrogens is 314 g/mol. The number of nitrogens with one attached hydrogen (secondary N) is 1. The quantitative estimate of drug-likeness (QED) is 0.824. The fourth-order valence-corrected chi connectivity index (χ4v) is 2.15. The van der Waals surface area contributed by atoms with E-state index in [1.165, 1.54) is 11.2 Å². The third kappa shape index (κ3) is 4.54. The van der Waals surface area contributed by atoms with Crippen molar-refractivity contribution >= 4 is 23.5 Å². The first-order chi connectivity index (χ1) is 11.2. The number of carbonyl (C=O) groups excluding carboxylic acids is 2. The minimum absolute atomic E-state index is 0.105. The summed E-state index contributed by atoms with van der Waals surface area (Å²) >= 11 is 0. The molecule has 1 aromatic heterocycles. The minimum Gasteiger partial charge on any atom is -0.444 e. The lowest BCUT2D eigenvalue weighted by Gasteiger charge is -2.33. The van der Waals surface area contributed by atoms with Gasteiger partial charge in [0.15, 0.2) is 11.9 Å². The largest absolute Gasteiger partial charge is 0.444 e. The molecule has 0 spiro atoms. The molecule has 0 saturated carbocycles. The maximum atomic E-state index is 12.4. The number of anilines is 2. The van der Waals surface area contributed by atoms with Crippen LogP contribution < -0.4 is 11.1 Å². The second kappa shape index (κ2) is 7.00. The van der Waals surface area contributed by atoms with E-state index in [9.17, 15) is 9.59 Å². The first-order valence-corrected chi connectivity index (χ1v) is 7.65. The van der Waals surface area contributed by atoms with Crippen LogP contribution in [-0.2, 0) is 14.3 Å². The number of hydrogen-bond donors (Lipinski definition) is 2. The Hall–Kier alpha value is -2.42. The van der Waals surface area contributed by atoms with E-state index in [1.54, 1.807) is 27.7 Å². The van der Waals surface area contributed by atoms with Gasteiger partial charge in [-0.3, -0.25) is 4.79 Å². The van der Waals surface area contributed by atoms with Crippen LogP contribution in [0.4, 0.5) is 16.3 Å².